The van der Waals surface area contributed by atoms with Crippen LogP contribution >= 0.6 is 0 Å². The number of hydrogen-bond donors (Lipinski definition) is 0. The van der Waals surface area contributed by atoms with Gasteiger partial charge in [-0.15, -0.1) is 0 Å². The van der Waals surface area contributed by atoms with E-state index in [1.165, 1.54) is 36.9 Å². The summed E-state index contributed by atoms with van der Waals surface area (Å²) in [5, 5.41) is 8.89. The highest BCUT2D eigenvalue weighted by molar-refractivity contribution is 5.91. The highest BCUT2D eigenvalue weighted by atomic mass is 16.5. The van der Waals surface area contributed by atoms with Gasteiger partial charge in [0, 0.05) is 51.1 Å². The highest BCUT2D eigenvalue weighted by Gasteiger charge is 2.27. The number of hydrogen-bond acceptors (Lipinski definition) is 4. The molecule has 176 valence electrons. The summed E-state index contributed by atoms with van der Waals surface area (Å²) in [6, 6.07) is 16.8. The number of benzene rings is 2. The topological polar surface area (TPSA) is 56.6 Å². The Balaban J connectivity index is 1.11. The van der Waals surface area contributed by atoms with E-state index in [1.807, 2.05) is 23.1 Å². The van der Waals surface area contributed by atoms with E-state index < -0.39 is 0 Å². The number of amides is 1. The zero-order valence-electron chi connectivity index (χ0n) is 19.8. The second-order valence-corrected chi connectivity index (χ2v) is 9.76. The first-order valence-electron chi connectivity index (χ1n) is 12.7. The molecule has 5 rings (SSSR count). The van der Waals surface area contributed by atoms with Crippen LogP contribution in [0.5, 0.6) is 5.75 Å². The number of nitriles is 1. The molecule has 2 aromatic carbocycles. The minimum absolute atomic E-state index is 0.0313. The number of rotatable bonds is 5. The molecule has 0 spiro atoms. The first-order chi connectivity index (χ1) is 16.7. The van der Waals surface area contributed by atoms with Crippen molar-refractivity contribution in [3.63, 3.8) is 0 Å². The fourth-order valence-corrected chi connectivity index (χ4v) is 5.24. The van der Waals surface area contributed by atoms with Gasteiger partial charge in [-0.3, -0.25) is 9.69 Å². The van der Waals surface area contributed by atoms with Crippen molar-refractivity contribution in [3.8, 4) is 11.8 Å². The average Bonchev–Trinajstić information content (AvgIpc) is 3.05. The van der Waals surface area contributed by atoms with Crippen LogP contribution in [0.15, 0.2) is 48.5 Å². The number of likely N-dealkylation sites (tertiary alicyclic amines) is 1. The first-order valence-corrected chi connectivity index (χ1v) is 12.7. The number of nitrogens with zero attached hydrogens (tertiary/aromatic N) is 3. The molecule has 0 unspecified atom stereocenters. The second kappa shape index (κ2) is 10.4. The molecule has 3 aliphatic rings. The molecule has 2 fully saturated rings. The van der Waals surface area contributed by atoms with Crippen LogP contribution < -0.4 is 4.74 Å². The molecule has 2 heterocycles. The minimum Gasteiger partial charge on any atom is -0.490 e. The molecule has 2 aliphatic heterocycles. The van der Waals surface area contributed by atoms with Gasteiger partial charge in [-0.25, -0.2) is 0 Å². The number of fused-ring (bicyclic) bond motifs is 1. The SMILES string of the molecule is N#Cc1ccc(/C=C/C(=O)N2CCC(Oc3ccc4c(c3)CCN(C3CCC3)CC4)CC2)cc1. The Hall–Kier alpha value is -3.10. The van der Waals surface area contributed by atoms with Crippen molar-refractivity contribution in [2.45, 2.75) is 57.1 Å². The molecule has 0 aromatic heterocycles. The standard InChI is InChI=1S/C29H33N3O2/c30-21-23-6-4-22(5-7-23)8-11-29(33)32-18-14-27(15-19-32)34-28-10-9-24-12-16-31(26-2-1-3-26)17-13-25(24)20-28/h4-11,20,26-27H,1-3,12-19H2/b11-8+. The van der Waals surface area contributed by atoms with Gasteiger partial charge < -0.3 is 9.64 Å². The summed E-state index contributed by atoms with van der Waals surface area (Å²) in [5.41, 5.74) is 4.46. The van der Waals surface area contributed by atoms with E-state index in [-0.39, 0.29) is 12.0 Å². The van der Waals surface area contributed by atoms with E-state index in [1.54, 1.807) is 18.2 Å². The molecule has 0 N–H and O–H groups in total. The Bertz CT molecular complexity index is 1070. The Morgan fingerprint density at radius 3 is 2.35 bits per heavy atom. The van der Waals surface area contributed by atoms with E-state index in [0.29, 0.717) is 18.7 Å². The summed E-state index contributed by atoms with van der Waals surface area (Å²) in [7, 11) is 0. The number of ether oxygens (including phenoxy) is 1. The van der Waals surface area contributed by atoms with Gasteiger partial charge in [-0.1, -0.05) is 24.6 Å². The van der Waals surface area contributed by atoms with Gasteiger partial charge in [-0.05, 0) is 72.7 Å². The average molecular weight is 456 g/mol. The van der Waals surface area contributed by atoms with Gasteiger partial charge in [0.2, 0.25) is 5.91 Å². The molecule has 1 saturated heterocycles. The van der Waals surface area contributed by atoms with Crippen molar-refractivity contribution in [2.24, 2.45) is 0 Å². The molecule has 5 nitrogen and oxygen atoms in total. The molecular formula is C29H33N3O2. The molecule has 1 aliphatic carbocycles. The quantitative estimate of drug-likeness (QED) is 0.619. The van der Waals surface area contributed by atoms with Crippen LogP contribution in [-0.2, 0) is 17.6 Å². The van der Waals surface area contributed by atoms with E-state index in [0.717, 1.165) is 49.6 Å². The summed E-state index contributed by atoms with van der Waals surface area (Å²) in [5.74, 6) is 1.00. The second-order valence-electron chi connectivity index (χ2n) is 9.76. The molecular weight excluding hydrogens is 422 g/mol. The maximum Gasteiger partial charge on any atom is 0.246 e. The fraction of sp³-hybridized carbons (Fsp3) is 0.448. The zero-order valence-corrected chi connectivity index (χ0v) is 19.8. The van der Waals surface area contributed by atoms with Crippen molar-refractivity contribution in [1.29, 1.82) is 5.26 Å². The number of carbonyl (C=O) groups is 1. The van der Waals surface area contributed by atoms with Gasteiger partial charge >= 0.3 is 0 Å². The van der Waals surface area contributed by atoms with Crippen LogP contribution in [0.25, 0.3) is 6.08 Å². The normalized spacial score (nSPS) is 19.8. The molecule has 1 amide bonds. The molecule has 0 radical (unpaired) electrons. The van der Waals surface area contributed by atoms with Gasteiger partial charge in [-0.2, -0.15) is 5.26 Å². The molecule has 5 heteroatoms. The number of carbonyl (C=O) groups excluding carboxylic acids is 1. The third kappa shape index (κ3) is 5.34. The lowest BCUT2D eigenvalue weighted by Crippen LogP contribution is -2.41. The van der Waals surface area contributed by atoms with Gasteiger partial charge in [0.15, 0.2) is 0 Å². The fourth-order valence-electron chi connectivity index (χ4n) is 5.24. The lowest BCUT2D eigenvalue weighted by atomic mass is 9.91. The Morgan fingerprint density at radius 2 is 1.68 bits per heavy atom. The van der Waals surface area contributed by atoms with Crippen LogP contribution in [0.4, 0.5) is 0 Å². The Morgan fingerprint density at radius 1 is 0.941 bits per heavy atom. The van der Waals surface area contributed by atoms with Crippen LogP contribution in [0.2, 0.25) is 0 Å². The Labute approximate surface area is 202 Å². The predicted octanol–water partition coefficient (Wildman–Crippen LogP) is 4.59. The van der Waals surface area contributed by atoms with Crippen molar-refractivity contribution in [3.05, 3.63) is 70.8 Å². The van der Waals surface area contributed by atoms with Crippen molar-refractivity contribution in [1.82, 2.24) is 9.80 Å². The molecule has 2 aromatic rings. The molecule has 34 heavy (non-hydrogen) atoms. The predicted molar refractivity (Wildman–Crippen MR) is 133 cm³/mol. The summed E-state index contributed by atoms with van der Waals surface area (Å²) in [4.78, 5) is 17.2. The highest BCUT2D eigenvalue weighted by Crippen LogP contribution is 2.29. The Kier molecular flexibility index (Phi) is 6.97. The maximum absolute atomic E-state index is 12.6. The van der Waals surface area contributed by atoms with E-state index >= 15 is 0 Å². The summed E-state index contributed by atoms with van der Waals surface area (Å²) >= 11 is 0. The van der Waals surface area contributed by atoms with E-state index in [9.17, 15) is 4.79 Å². The van der Waals surface area contributed by atoms with E-state index in [2.05, 4.69) is 29.2 Å². The summed E-state index contributed by atoms with van der Waals surface area (Å²) in [6.07, 6.45) is 11.7. The van der Waals surface area contributed by atoms with Gasteiger partial charge in [0.1, 0.15) is 11.9 Å². The third-order valence-electron chi connectivity index (χ3n) is 7.62. The van der Waals surface area contributed by atoms with Gasteiger partial charge in [0.25, 0.3) is 0 Å². The first kappa shape index (κ1) is 22.7. The third-order valence-corrected chi connectivity index (χ3v) is 7.62. The van der Waals surface area contributed by atoms with Crippen LogP contribution in [0.1, 0.15) is 54.4 Å². The minimum atomic E-state index is 0.0313. The van der Waals surface area contributed by atoms with Gasteiger partial charge in [0.05, 0.1) is 11.6 Å². The lowest BCUT2D eigenvalue weighted by Gasteiger charge is -2.36. The summed E-state index contributed by atoms with van der Waals surface area (Å²) in [6.45, 7) is 3.77. The van der Waals surface area contributed by atoms with Crippen LogP contribution in [0.3, 0.4) is 0 Å². The summed E-state index contributed by atoms with van der Waals surface area (Å²) < 4.78 is 6.35. The molecule has 1 saturated carbocycles. The monoisotopic (exact) mass is 455 g/mol. The zero-order chi connectivity index (χ0) is 23.3. The molecule has 0 bridgehead atoms. The van der Waals surface area contributed by atoms with Crippen molar-refractivity contribution < 1.29 is 9.53 Å². The van der Waals surface area contributed by atoms with E-state index in [4.69, 9.17) is 10.00 Å². The number of piperidine rings is 1. The van der Waals surface area contributed by atoms with Crippen molar-refractivity contribution >= 4 is 12.0 Å². The van der Waals surface area contributed by atoms with Crippen LogP contribution in [0, 0.1) is 11.3 Å². The smallest absolute Gasteiger partial charge is 0.246 e. The lowest BCUT2D eigenvalue weighted by molar-refractivity contribution is -0.127. The largest absolute Gasteiger partial charge is 0.490 e. The maximum atomic E-state index is 12.6. The molecule has 0 atom stereocenters. The van der Waals surface area contributed by atoms with Crippen molar-refractivity contribution in [2.75, 3.05) is 26.2 Å². The van der Waals surface area contributed by atoms with Crippen LogP contribution in [-0.4, -0.2) is 54.0 Å².